The van der Waals surface area contributed by atoms with Crippen LogP contribution in [0.15, 0.2) is 65.2 Å². The normalized spacial score (nSPS) is 23.8. The van der Waals surface area contributed by atoms with E-state index in [1.807, 2.05) is 59.5 Å². The SMILES string of the molecule is NC1CCC2CN(C(=O)c3ccccc3-c3ncc(-c4ccccc4)o3)CC12. The molecule has 142 valence electrons. The van der Waals surface area contributed by atoms with Crippen molar-refractivity contribution in [2.75, 3.05) is 13.1 Å². The van der Waals surface area contributed by atoms with E-state index >= 15 is 0 Å². The van der Waals surface area contributed by atoms with Crippen LogP contribution in [0.3, 0.4) is 0 Å². The van der Waals surface area contributed by atoms with Gasteiger partial charge in [0.2, 0.25) is 5.89 Å². The molecule has 0 bridgehead atoms. The molecule has 3 unspecified atom stereocenters. The number of rotatable bonds is 3. The first kappa shape index (κ1) is 17.2. The van der Waals surface area contributed by atoms with Gasteiger partial charge in [-0.2, -0.15) is 0 Å². The van der Waals surface area contributed by atoms with E-state index in [1.54, 1.807) is 6.20 Å². The van der Waals surface area contributed by atoms with Crippen LogP contribution in [0.2, 0.25) is 0 Å². The number of amides is 1. The van der Waals surface area contributed by atoms with Crippen LogP contribution in [0.25, 0.3) is 22.8 Å². The summed E-state index contributed by atoms with van der Waals surface area (Å²) in [5.41, 5.74) is 8.57. The molecule has 5 rings (SSSR count). The Labute approximate surface area is 164 Å². The Kier molecular flexibility index (Phi) is 4.24. The number of benzene rings is 2. The molecule has 2 fully saturated rings. The molecular formula is C23H23N3O2. The quantitative estimate of drug-likeness (QED) is 0.758. The first-order valence-corrected chi connectivity index (χ1v) is 9.86. The molecule has 1 amide bonds. The number of carbonyl (C=O) groups excluding carboxylic acids is 1. The van der Waals surface area contributed by atoms with E-state index in [-0.39, 0.29) is 11.9 Å². The third kappa shape index (κ3) is 2.92. The second-order valence-electron chi connectivity index (χ2n) is 7.82. The van der Waals surface area contributed by atoms with E-state index in [9.17, 15) is 4.79 Å². The molecule has 2 heterocycles. The Hall–Kier alpha value is -2.92. The van der Waals surface area contributed by atoms with Crippen LogP contribution in [0, 0.1) is 11.8 Å². The predicted molar refractivity (Wildman–Crippen MR) is 107 cm³/mol. The maximum absolute atomic E-state index is 13.3. The molecule has 1 saturated carbocycles. The molecule has 0 spiro atoms. The van der Waals surface area contributed by atoms with Gasteiger partial charge in [-0.1, -0.05) is 42.5 Å². The number of hydrogen-bond donors (Lipinski definition) is 1. The van der Waals surface area contributed by atoms with Gasteiger partial charge in [-0.15, -0.1) is 0 Å². The van der Waals surface area contributed by atoms with E-state index in [0.717, 1.165) is 37.1 Å². The number of carbonyl (C=O) groups is 1. The molecular weight excluding hydrogens is 350 g/mol. The van der Waals surface area contributed by atoms with Crippen molar-refractivity contribution < 1.29 is 9.21 Å². The minimum Gasteiger partial charge on any atom is -0.436 e. The summed E-state index contributed by atoms with van der Waals surface area (Å²) >= 11 is 0. The Balaban J connectivity index is 1.44. The van der Waals surface area contributed by atoms with E-state index in [2.05, 4.69) is 4.98 Å². The van der Waals surface area contributed by atoms with E-state index < -0.39 is 0 Å². The molecule has 3 aromatic rings. The maximum Gasteiger partial charge on any atom is 0.254 e. The van der Waals surface area contributed by atoms with Crippen molar-refractivity contribution in [2.45, 2.75) is 18.9 Å². The van der Waals surface area contributed by atoms with Crippen molar-refractivity contribution in [1.82, 2.24) is 9.88 Å². The lowest BCUT2D eigenvalue weighted by Crippen LogP contribution is -2.33. The van der Waals surface area contributed by atoms with Crippen molar-refractivity contribution in [3.63, 3.8) is 0 Å². The highest BCUT2D eigenvalue weighted by Crippen LogP contribution is 2.38. The second-order valence-corrected chi connectivity index (χ2v) is 7.82. The number of fused-ring (bicyclic) bond motifs is 1. The van der Waals surface area contributed by atoms with E-state index in [1.165, 1.54) is 0 Å². The molecule has 1 aliphatic carbocycles. The molecule has 2 N–H and O–H groups in total. The Bertz CT molecular complexity index is 998. The fourth-order valence-electron chi connectivity index (χ4n) is 4.63. The van der Waals surface area contributed by atoms with Gasteiger partial charge in [0.25, 0.3) is 5.91 Å². The summed E-state index contributed by atoms with van der Waals surface area (Å²) in [5, 5.41) is 0. The van der Waals surface area contributed by atoms with Gasteiger partial charge in [-0.3, -0.25) is 4.79 Å². The number of oxazole rings is 1. The number of hydrogen-bond acceptors (Lipinski definition) is 4. The lowest BCUT2D eigenvalue weighted by Gasteiger charge is -2.19. The van der Waals surface area contributed by atoms with Gasteiger partial charge in [-0.25, -0.2) is 4.98 Å². The van der Waals surface area contributed by atoms with Crippen molar-refractivity contribution in [1.29, 1.82) is 0 Å². The van der Waals surface area contributed by atoms with Crippen molar-refractivity contribution >= 4 is 5.91 Å². The first-order valence-electron chi connectivity index (χ1n) is 9.86. The van der Waals surface area contributed by atoms with Crippen LogP contribution in [0.5, 0.6) is 0 Å². The average molecular weight is 373 g/mol. The molecule has 2 aromatic carbocycles. The molecule has 5 nitrogen and oxygen atoms in total. The lowest BCUT2D eigenvalue weighted by atomic mass is 9.98. The van der Waals surface area contributed by atoms with Crippen LogP contribution in [0.1, 0.15) is 23.2 Å². The summed E-state index contributed by atoms with van der Waals surface area (Å²) in [7, 11) is 0. The van der Waals surface area contributed by atoms with E-state index in [0.29, 0.717) is 29.1 Å². The van der Waals surface area contributed by atoms with Gasteiger partial charge in [0, 0.05) is 30.3 Å². The van der Waals surface area contributed by atoms with Crippen molar-refractivity contribution in [3.05, 3.63) is 66.4 Å². The van der Waals surface area contributed by atoms with Crippen LogP contribution in [-0.4, -0.2) is 34.9 Å². The van der Waals surface area contributed by atoms with Gasteiger partial charge in [0.1, 0.15) is 0 Å². The minimum atomic E-state index is 0.0386. The number of aromatic nitrogens is 1. The smallest absolute Gasteiger partial charge is 0.254 e. The molecule has 0 radical (unpaired) electrons. The first-order chi connectivity index (χ1) is 13.7. The highest BCUT2D eigenvalue weighted by atomic mass is 16.4. The average Bonchev–Trinajstić information content (AvgIpc) is 3.46. The summed E-state index contributed by atoms with van der Waals surface area (Å²) in [6, 6.07) is 17.6. The third-order valence-corrected chi connectivity index (χ3v) is 6.15. The summed E-state index contributed by atoms with van der Waals surface area (Å²) in [6.45, 7) is 1.55. The van der Waals surface area contributed by atoms with Gasteiger partial charge >= 0.3 is 0 Å². The standard InChI is InChI=1S/C23H23N3O2/c24-20-11-10-16-13-26(14-19(16)20)23(27)18-9-5-4-8-17(18)22-25-12-21(28-22)15-6-2-1-3-7-15/h1-9,12,16,19-20H,10-11,13-14,24H2. The molecule has 3 atom stereocenters. The van der Waals surface area contributed by atoms with Gasteiger partial charge < -0.3 is 15.1 Å². The predicted octanol–water partition coefficient (Wildman–Crippen LogP) is 3.82. The fraction of sp³-hybridized carbons (Fsp3) is 0.304. The van der Waals surface area contributed by atoms with Crippen molar-refractivity contribution in [2.24, 2.45) is 17.6 Å². The third-order valence-electron chi connectivity index (χ3n) is 6.15. The van der Waals surface area contributed by atoms with Crippen LogP contribution in [-0.2, 0) is 0 Å². The maximum atomic E-state index is 13.3. The van der Waals surface area contributed by atoms with Crippen molar-refractivity contribution in [3.8, 4) is 22.8 Å². The summed E-state index contributed by atoms with van der Waals surface area (Å²) in [6.07, 6.45) is 3.91. The lowest BCUT2D eigenvalue weighted by molar-refractivity contribution is 0.0780. The molecule has 28 heavy (non-hydrogen) atoms. The number of nitrogens with two attached hydrogens (primary N) is 1. The summed E-state index contributed by atoms with van der Waals surface area (Å²) in [4.78, 5) is 19.7. The zero-order valence-electron chi connectivity index (χ0n) is 15.6. The zero-order valence-corrected chi connectivity index (χ0v) is 15.6. The highest BCUT2D eigenvalue weighted by Gasteiger charge is 2.42. The molecule has 5 heteroatoms. The van der Waals surface area contributed by atoms with Gasteiger partial charge in [-0.05, 0) is 36.8 Å². The minimum absolute atomic E-state index is 0.0386. The number of nitrogens with zero attached hydrogens (tertiary/aromatic N) is 2. The molecule has 1 aromatic heterocycles. The number of likely N-dealkylation sites (tertiary alicyclic amines) is 1. The van der Waals surface area contributed by atoms with Crippen LogP contribution < -0.4 is 5.73 Å². The second kappa shape index (κ2) is 6.91. The zero-order chi connectivity index (χ0) is 19.1. The summed E-state index contributed by atoms with van der Waals surface area (Å²) < 4.78 is 6.00. The Morgan fingerprint density at radius 3 is 2.64 bits per heavy atom. The highest BCUT2D eigenvalue weighted by molar-refractivity contribution is 6.00. The molecule has 1 saturated heterocycles. The topological polar surface area (TPSA) is 72.4 Å². The largest absolute Gasteiger partial charge is 0.436 e. The molecule has 1 aliphatic heterocycles. The Morgan fingerprint density at radius 2 is 1.82 bits per heavy atom. The van der Waals surface area contributed by atoms with Gasteiger partial charge in [0.05, 0.1) is 11.8 Å². The van der Waals surface area contributed by atoms with Gasteiger partial charge in [0.15, 0.2) is 5.76 Å². The summed E-state index contributed by atoms with van der Waals surface area (Å²) in [5.74, 6) is 2.18. The van der Waals surface area contributed by atoms with E-state index in [4.69, 9.17) is 10.2 Å². The van der Waals surface area contributed by atoms with Crippen LogP contribution >= 0.6 is 0 Å². The molecule has 2 aliphatic rings. The van der Waals surface area contributed by atoms with Crippen LogP contribution in [0.4, 0.5) is 0 Å². The monoisotopic (exact) mass is 373 g/mol. The Morgan fingerprint density at radius 1 is 1.04 bits per heavy atom. The fourth-order valence-corrected chi connectivity index (χ4v) is 4.63.